The van der Waals surface area contributed by atoms with E-state index in [-0.39, 0.29) is 73.9 Å². The Balaban J connectivity index is 0.981. The minimum atomic E-state index is -4.47. The Labute approximate surface area is 480 Å². The van der Waals surface area contributed by atoms with Crippen LogP contribution in [0.15, 0.2) is 91.0 Å². The lowest BCUT2D eigenvalue weighted by Gasteiger charge is -2.28. The van der Waals surface area contributed by atoms with E-state index >= 15 is 0 Å². The zero-order valence-electron chi connectivity index (χ0n) is 45.5. The maximum Gasteiger partial charge on any atom is 0.279 e. The normalized spacial score (nSPS) is 18.3. The molecule has 3 amide bonds. The largest absolute Gasteiger partial charge is 0.493 e. The van der Waals surface area contributed by atoms with Gasteiger partial charge in [-0.1, -0.05) is 64.9 Å². The second kappa shape index (κ2) is 24.8. The number of Topliss-reactive ketones (excluding diaryl/α,β-unsaturated/α-hetero) is 1. The number of aryl methyl sites for hydroxylation is 2. The molecule has 19 nitrogen and oxygen atoms in total. The van der Waals surface area contributed by atoms with Gasteiger partial charge >= 0.3 is 0 Å². The number of para-hydroxylation sites is 2. The Morgan fingerprint density at radius 1 is 0.642 bits per heavy atom. The zero-order valence-corrected chi connectivity index (χ0v) is 49.6. The van der Waals surface area contributed by atoms with Crippen molar-refractivity contribution in [2.24, 2.45) is 0 Å². The molecule has 0 saturated carbocycles. The number of ketones is 1. The van der Waals surface area contributed by atoms with Gasteiger partial charge in [-0.2, -0.15) is 25.3 Å². The average molecular weight is 1210 g/mol. The number of ether oxygens (including phenoxy) is 3. The first kappa shape index (κ1) is 59.6. The lowest BCUT2D eigenvalue weighted by molar-refractivity contribution is -0.118. The minimum Gasteiger partial charge on any atom is -0.493 e. The molecule has 4 heterocycles. The first-order valence-electron chi connectivity index (χ1n) is 26.2. The number of methoxy groups -OCH3 is 1. The molecule has 4 aliphatic heterocycles. The summed E-state index contributed by atoms with van der Waals surface area (Å²) < 4.78 is 112. The summed E-state index contributed by atoms with van der Waals surface area (Å²) in [5.41, 5.74) is 7.38. The van der Waals surface area contributed by atoms with Crippen molar-refractivity contribution in [3.63, 3.8) is 0 Å². The Morgan fingerprint density at radius 3 is 1.84 bits per heavy atom. The van der Waals surface area contributed by atoms with Crippen molar-refractivity contribution in [1.29, 1.82) is 0 Å². The smallest absolute Gasteiger partial charge is 0.279 e. The zero-order chi connectivity index (χ0) is 58.0. The first-order chi connectivity index (χ1) is 38.7. The average Bonchev–Trinajstić information content (AvgIpc) is 4.15. The molecule has 0 aliphatic carbocycles. The van der Waals surface area contributed by atoms with Gasteiger partial charge in [-0.25, -0.2) is 0 Å². The van der Waals surface area contributed by atoms with Crippen LogP contribution in [0.5, 0.6) is 17.2 Å². The molecule has 4 aliphatic rings. The topological polar surface area (TPSA) is 245 Å². The number of nitrogens with zero attached hydrogens (tertiary/aromatic N) is 2. The fourth-order valence-corrected chi connectivity index (χ4v) is 16.9. The third-order valence-corrected chi connectivity index (χ3v) is 22.7. The number of rotatable bonds is 24. The maximum absolute atomic E-state index is 14.5. The van der Waals surface area contributed by atoms with Crippen LogP contribution < -0.4 is 29.3 Å². The molecule has 0 spiro atoms. The fourth-order valence-electron chi connectivity index (χ4n) is 11.1. The SMILES string of the molecule is CCC(=O)C(CCSSCCC(C(=O)Nc1cc(COc2cc3c(cc2C)C(=O)N2c4ccccc4C[C@H]2C(S(=O)(=O)OC)C3)cc(COc2cc3c(cc2OC)C(=O)N2c4ccccc4C[C@H]2CC3)c1)S(=O)(=O)OC)S(=O)(=O)OC. The van der Waals surface area contributed by atoms with Gasteiger partial charge in [0, 0.05) is 52.2 Å². The number of benzene rings is 5. The highest BCUT2D eigenvalue weighted by Crippen LogP contribution is 2.43. The van der Waals surface area contributed by atoms with E-state index in [9.17, 15) is 44.4 Å². The van der Waals surface area contributed by atoms with E-state index in [0.29, 0.717) is 69.2 Å². The summed E-state index contributed by atoms with van der Waals surface area (Å²) in [6.07, 6.45) is 2.14. The quantitative estimate of drug-likeness (QED) is 0.0350. The third kappa shape index (κ3) is 12.5. The van der Waals surface area contributed by atoms with Crippen LogP contribution in [-0.2, 0) is 91.4 Å². The van der Waals surface area contributed by atoms with Crippen molar-refractivity contribution in [3.8, 4) is 17.2 Å². The van der Waals surface area contributed by atoms with E-state index in [2.05, 4.69) is 9.50 Å². The molecular formula is C57H63N3O16S5. The van der Waals surface area contributed by atoms with Gasteiger partial charge in [0.15, 0.2) is 22.5 Å². The predicted octanol–water partition coefficient (Wildman–Crippen LogP) is 7.92. The number of nitrogens with one attached hydrogen (secondary N) is 1. The lowest BCUT2D eigenvalue weighted by Crippen LogP contribution is -2.47. The summed E-state index contributed by atoms with van der Waals surface area (Å²) in [5, 5.41) is -1.37. The number of carbonyl (C=O) groups is 4. The monoisotopic (exact) mass is 1210 g/mol. The summed E-state index contributed by atoms with van der Waals surface area (Å²) in [7, 11) is -5.78. The van der Waals surface area contributed by atoms with Crippen LogP contribution in [0.1, 0.15) is 92.3 Å². The molecule has 5 aromatic carbocycles. The van der Waals surface area contributed by atoms with Crippen molar-refractivity contribution in [2.75, 3.05) is 55.1 Å². The number of hydrogen-bond donors (Lipinski definition) is 1. The molecule has 0 bridgehead atoms. The summed E-state index contributed by atoms with van der Waals surface area (Å²) in [6, 6.07) is 26.4. The van der Waals surface area contributed by atoms with Gasteiger partial charge in [-0.15, -0.1) is 0 Å². The van der Waals surface area contributed by atoms with E-state index in [0.717, 1.165) is 56.5 Å². The van der Waals surface area contributed by atoms with Crippen LogP contribution in [-0.4, -0.2) is 117 Å². The minimum absolute atomic E-state index is 0.00272. The summed E-state index contributed by atoms with van der Waals surface area (Å²) in [5.74, 6) is -0.485. The molecular weight excluding hydrogens is 1140 g/mol. The van der Waals surface area contributed by atoms with Crippen molar-refractivity contribution >= 4 is 92.5 Å². The number of hydrogen-bond acceptors (Lipinski definition) is 18. The van der Waals surface area contributed by atoms with Crippen LogP contribution in [0.3, 0.4) is 0 Å². The van der Waals surface area contributed by atoms with Crippen LogP contribution >= 0.6 is 21.6 Å². The Bertz CT molecular complexity index is 3610. The van der Waals surface area contributed by atoms with E-state index in [1.165, 1.54) is 28.7 Å². The van der Waals surface area contributed by atoms with Gasteiger partial charge in [0.25, 0.3) is 42.2 Å². The Morgan fingerprint density at radius 2 is 1.21 bits per heavy atom. The fraction of sp³-hybridized carbons (Fsp3) is 0.404. The second-order valence-electron chi connectivity index (χ2n) is 20.1. The van der Waals surface area contributed by atoms with Crippen LogP contribution in [0.2, 0.25) is 0 Å². The Hall–Kier alpha value is -5.99. The van der Waals surface area contributed by atoms with E-state index in [1.807, 2.05) is 47.4 Å². The van der Waals surface area contributed by atoms with Gasteiger partial charge in [-0.05, 0) is 145 Å². The highest BCUT2D eigenvalue weighted by Gasteiger charge is 2.48. The number of carbonyl (C=O) groups excluding carboxylic acids is 4. The van der Waals surface area contributed by atoms with Crippen molar-refractivity contribution in [3.05, 3.63) is 141 Å². The van der Waals surface area contributed by atoms with E-state index in [1.54, 1.807) is 67.3 Å². The van der Waals surface area contributed by atoms with Crippen LogP contribution in [0, 0.1) is 6.92 Å². The third-order valence-electron chi connectivity index (χ3n) is 15.3. The number of fused-ring (bicyclic) bond motifs is 8. The first-order valence-corrected chi connectivity index (χ1v) is 33.1. The molecule has 0 aromatic heterocycles. The van der Waals surface area contributed by atoms with Gasteiger partial charge in [0.1, 0.15) is 29.5 Å². The molecule has 0 saturated heterocycles. The molecule has 0 radical (unpaired) electrons. The molecule has 5 aromatic rings. The Kier molecular flexibility index (Phi) is 18.3. The van der Waals surface area contributed by atoms with Crippen molar-refractivity contribution in [1.82, 2.24) is 0 Å². The van der Waals surface area contributed by atoms with Gasteiger partial charge in [0.2, 0.25) is 5.91 Å². The number of amides is 3. The van der Waals surface area contributed by atoms with Crippen molar-refractivity contribution < 1.29 is 71.2 Å². The van der Waals surface area contributed by atoms with Crippen LogP contribution in [0.4, 0.5) is 17.1 Å². The second-order valence-corrected chi connectivity index (χ2v) is 28.5. The predicted molar refractivity (Wildman–Crippen MR) is 310 cm³/mol. The van der Waals surface area contributed by atoms with Gasteiger partial charge in [-0.3, -0.25) is 31.7 Å². The molecule has 432 valence electrons. The highest BCUT2D eigenvalue weighted by molar-refractivity contribution is 8.76. The van der Waals surface area contributed by atoms with Gasteiger partial charge < -0.3 is 29.3 Å². The molecule has 81 heavy (non-hydrogen) atoms. The molecule has 9 rings (SSSR count). The van der Waals surface area contributed by atoms with E-state index in [4.69, 9.17) is 22.6 Å². The molecule has 3 unspecified atom stereocenters. The van der Waals surface area contributed by atoms with Crippen LogP contribution in [0.25, 0.3) is 0 Å². The maximum atomic E-state index is 14.5. The molecule has 5 atom stereocenters. The van der Waals surface area contributed by atoms with Crippen molar-refractivity contribution in [2.45, 2.75) is 106 Å². The lowest BCUT2D eigenvalue weighted by atomic mass is 9.97. The molecule has 0 fully saturated rings. The number of anilines is 3. The summed E-state index contributed by atoms with van der Waals surface area (Å²) in [6.45, 7) is 3.11. The van der Waals surface area contributed by atoms with Gasteiger partial charge in [0.05, 0.1) is 34.5 Å². The summed E-state index contributed by atoms with van der Waals surface area (Å²) in [4.78, 5) is 58.7. The van der Waals surface area contributed by atoms with E-state index < -0.39 is 63.8 Å². The highest BCUT2D eigenvalue weighted by atomic mass is 33.1. The standard InChI is InChI=1S/C57H63N3O16S5/c1-7-48(61)52(79(65,66)72-4)18-20-77-78-21-19-53(80(67,68)73-5)55(62)58-41-24-35(23-36(25-41)33-76-51-28-37-16-17-42-26-38-12-8-10-14-45(38)59(42)56(63)44(37)31-50(51)71-3)32-75-49-29-40-30-54(81(69,70)74-6)47-27-39-13-9-11-15-46(39)60(47)57(64)43(40)22-34(49)2/h8-15,22-25,28-29,31,42,47,52-54H,7,16-21,26-27,30,32-33H2,1-6H3,(H,58,62)/t42-,47+,52?,53?,54?/m1/s1. The molecule has 1 N–H and O–H groups in total. The summed E-state index contributed by atoms with van der Waals surface area (Å²) >= 11 is 0. The molecule has 24 heteroatoms.